The van der Waals surface area contributed by atoms with Crippen LogP contribution in [0.25, 0.3) is 10.8 Å². The molecule has 4 N–H and O–H groups in total. The van der Waals surface area contributed by atoms with Gasteiger partial charge in [0.05, 0.1) is 27.0 Å². The lowest BCUT2D eigenvalue weighted by Gasteiger charge is -2.38. The van der Waals surface area contributed by atoms with Gasteiger partial charge < -0.3 is 44.1 Å². The molecule has 1 fully saturated rings. The van der Waals surface area contributed by atoms with Crippen LogP contribution >= 0.6 is 0 Å². The van der Waals surface area contributed by atoms with Crippen LogP contribution < -0.4 is 18.9 Å². The number of rotatable bonds is 8. The van der Waals surface area contributed by atoms with E-state index >= 15 is 0 Å². The molecule has 11 nitrogen and oxygen atoms in total. The number of ether oxygens (including phenoxy) is 5. The summed E-state index contributed by atoms with van der Waals surface area (Å²) >= 11 is 0. The van der Waals surface area contributed by atoms with Gasteiger partial charge in [-0.25, -0.2) is 4.79 Å². The molecule has 2 aromatic carbocycles. The summed E-state index contributed by atoms with van der Waals surface area (Å²) in [5.41, 5.74) is 1.70. The second kappa shape index (κ2) is 10.5. The van der Waals surface area contributed by atoms with Crippen LogP contribution in [0.3, 0.4) is 0 Å². The number of pyridine rings is 1. The number of hydrogen-bond acceptors (Lipinski definition) is 10. The van der Waals surface area contributed by atoms with Crippen molar-refractivity contribution in [2.24, 2.45) is 0 Å². The van der Waals surface area contributed by atoms with Crippen molar-refractivity contribution in [1.82, 2.24) is 4.98 Å². The van der Waals surface area contributed by atoms with Crippen molar-refractivity contribution in [2.75, 3.05) is 21.3 Å². The van der Waals surface area contributed by atoms with Crippen molar-refractivity contribution >= 4 is 16.7 Å². The van der Waals surface area contributed by atoms with E-state index in [-0.39, 0.29) is 11.5 Å². The molecule has 5 unspecified atom stereocenters. The zero-order valence-corrected chi connectivity index (χ0v) is 19.8. The van der Waals surface area contributed by atoms with Crippen LogP contribution in [-0.2, 0) is 16.0 Å². The highest BCUT2D eigenvalue weighted by Gasteiger charge is 2.48. The second-order valence-corrected chi connectivity index (χ2v) is 8.20. The zero-order chi connectivity index (χ0) is 26.0. The third kappa shape index (κ3) is 4.86. The molecule has 1 saturated heterocycles. The van der Waals surface area contributed by atoms with Gasteiger partial charge in [0.2, 0.25) is 6.29 Å². The number of aliphatic hydroxyl groups excluding tert-OH is 3. The zero-order valence-electron chi connectivity index (χ0n) is 19.8. The van der Waals surface area contributed by atoms with Crippen LogP contribution in [-0.4, -0.2) is 83.4 Å². The van der Waals surface area contributed by atoms with E-state index in [1.165, 1.54) is 7.11 Å². The molecule has 36 heavy (non-hydrogen) atoms. The van der Waals surface area contributed by atoms with Gasteiger partial charge in [0.1, 0.15) is 18.3 Å². The Morgan fingerprint density at radius 3 is 2.25 bits per heavy atom. The lowest BCUT2D eigenvalue weighted by molar-refractivity contribution is -0.271. The molecule has 2 heterocycles. The topological polar surface area (TPSA) is 157 Å². The van der Waals surface area contributed by atoms with Crippen molar-refractivity contribution in [2.45, 2.75) is 37.1 Å². The third-order valence-corrected chi connectivity index (χ3v) is 6.01. The number of fused-ring (bicyclic) bond motifs is 1. The Hall–Kier alpha value is -3.64. The van der Waals surface area contributed by atoms with Gasteiger partial charge in [-0.15, -0.1) is 0 Å². The first kappa shape index (κ1) is 25.5. The Balaban J connectivity index is 1.66. The molecule has 1 aromatic heterocycles. The van der Waals surface area contributed by atoms with E-state index in [4.69, 9.17) is 23.7 Å². The van der Waals surface area contributed by atoms with Crippen LogP contribution in [0.5, 0.6) is 23.0 Å². The largest absolute Gasteiger partial charge is 0.493 e. The Bertz CT molecular complexity index is 1250. The first-order valence-corrected chi connectivity index (χ1v) is 11.0. The number of nitrogens with zero attached hydrogens (tertiary/aromatic N) is 1. The van der Waals surface area contributed by atoms with Crippen LogP contribution in [0.2, 0.25) is 0 Å². The summed E-state index contributed by atoms with van der Waals surface area (Å²) in [6.45, 7) is 0. The quantitative estimate of drug-likeness (QED) is 0.351. The van der Waals surface area contributed by atoms with Crippen molar-refractivity contribution < 1.29 is 48.9 Å². The van der Waals surface area contributed by atoms with E-state index in [9.17, 15) is 25.2 Å². The summed E-state index contributed by atoms with van der Waals surface area (Å²) in [5.74, 6) is 0.128. The van der Waals surface area contributed by atoms with Crippen molar-refractivity contribution in [3.8, 4) is 23.0 Å². The highest BCUT2D eigenvalue weighted by atomic mass is 16.7. The van der Waals surface area contributed by atoms with E-state index in [2.05, 4.69) is 4.98 Å². The summed E-state index contributed by atoms with van der Waals surface area (Å²) in [4.78, 5) is 15.9. The second-order valence-electron chi connectivity index (χ2n) is 8.20. The molecule has 0 spiro atoms. The molecule has 4 rings (SSSR count). The predicted octanol–water partition coefficient (Wildman–Crippen LogP) is 1.12. The maximum Gasteiger partial charge on any atom is 0.335 e. The molecule has 0 amide bonds. The Morgan fingerprint density at radius 2 is 1.58 bits per heavy atom. The fraction of sp³-hybridized carbons (Fsp3) is 0.360. The first-order chi connectivity index (χ1) is 17.3. The number of aliphatic hydroxyl groups is 3. The van der Waals surface area contributed by atoms with Gasteiger partial charge >= 0.3 is 5.97 Å². The molecule has 0 radical (unpaired) electrons. The third-order valence-electron chi connectivity index (χ3n) is 6.01. The maximum atomic E-state index is 11.4. The lowest BCUT2D eigenvalue weighted by atomic mass is 9.99. The number of methoxy groups -OCH3 is 3. The predicted molar refractivity (Wildman–Crippen MR) is 126 cm³/mol. The number of benzene rings is 2. The lowest BCUT2D eigenvalue weighted by Crippen LogP contribution is -2.61. The number of hydrogen-bond donors (Lipinski definition) is 4. The molecular weight excluding hydrogens is 474 g/mol. The van der Waals surface area contributed by atoms with Crippen molar-refractivity contribution in [3.63, 3.8) is 0 Å². The molecule has 11 heteroatoms. The fourth-order valence-corrected chi connectivity index (χ4v) is 4.09. The Labute approximate surface area is 206 Å². The maximum absolute atomic E-state index is 11.4. The molecule has 3 aromatic rings. The normalized spacial score (nSPS) is 23.8. The number of aliphatic carboxylic acids is 1. The van der Waals surface area contributed by atoms with E-state index in [0.29, 0.717) is 17.9 Å². The number of carboxylic acids is 1. The number of aromatic nitrogens is 1. The standard InChI is InChI=1S/C25H27NO10/c1-32-16-5-4-12(9-17(16)33-2)8-15-14-11-18(34-3)19(10-13(14)6-7-26-15)35-25-22(29)20(27)21(28)23(36-25)24(30)31/h4-7,9-11,20-23,25,27-29H,8H2,1-3H3,(H,30,31). The van der Waals surface area contributed by atoms with Gasteiger partial charge in [-0.1, -0.05) is 6.07 Å². The Kier molecular flexibility index (Phi) is 7.45. The van der Waals surface area contributed by atoms with Crippen LogP contribution in [0.15, 0.2) is 42.6 Å². The molecule has 0 bridgehead atoms. The Morgan fingerprint density at radius 1 is 0.889 bits per heavy atom. The van der Waals surface area contributed by atoms with E-state index in [1.807, 2.05) is 18.2 Å². The van der Waals surface area contributed by atoms with Crippen LogP contribution in [0, 0.1) is 0 Å². The van der Waals surface area contributed by atoms with E-state index in [1.54, 1.807) is 38.6 Å². The van der Waals surface area contributed by atoms with Crippen molar-refractivity contribution in [3.05, 3.63) is 53.9 Å². The summed E-state index contributed by atoms with van der Waals surface area (Å²) in [7, 11) is 4.56. The minimum absolute atomic E-state index is 0.144. The molecule has 0 saturated carbocycles. The van der Waals surface area contributed by atoms with E-state index < -0.39 is 36.7 Å². The summed E-state index contributed by atoms with van der Waals surface area (Å²) in [6, 6.07) is 10.7. The van der Waals surface area contributed by atoms with Gasteiger partial charge in [-0.3, -0.25) is 4.98 Å². The fourth-order valence-electron chi connectivity index (χ4n) is 4.09. The average molecular weight is 501 g/mol. The summed E-state index contributed by atoms with van der Waals surface area (Å²) in [5, 5.41) is 41.1. The number of carboxylic acid groups (broad SMARTS) is 1. The minimum atomic E-state index is -1.82. The van der Waals surface area contributed by atoms with Gasteiger partial charge in [0, 0.05) is 18.0 Å². The number of carbonyl (C=O) groups is 1. The first-order valence-electron chi connectivity index (χ1n) is 11.0. The molecule has 0 aliphatic carbocycles. The van der Waals surface area contributed by atoms with Crippen LogP contribution in [0.1, 0.15) is 11.3 Å². The molecule has 1 aliphatic rings. The van der Waals surface area contributed by atoms with Gasteiger partial charge in [0.15, 0.2) is 29.1 Å². The van der Waals surface area contributed by atoms with Gasteiger partial charge in [-0.2, -0.15) is 0 Å². The van der Waals surface area contributed by atoms with Crippen molar-refractivity contribution in [1.29, 1.82) is 0 Å². The SMILES string of the molecule is COc1ccc(Cc2nccc3cc(OC4OC(C(=O)O)C(O)C(O)C4O)c(OC)cc23)cc1OC. The van der Waals surface area contributed by atoms with E-state index in [0.717, 1.165) is 22.0 Å². The minimum Gasteiger partial charge on any atom is -0.493 e. The molecule has 1 aliphatic heterocycles. The highest BCUT2D eigenvalue weighted by molar-refractivity contribution is 5.88. The monoisotopic (exact) mass is 501 g/mol. The van der Waals surface area contributed by atoms with Crippen LogP contribution in [0.4, 0.5) is 0 Å². The molecular formula is C25H27NO10. The smallest absolute Gasteiger partial charge is 0.335 e. The highest BCUT2D eigenvalue weighted by Crippen LogP contribution is 2.37. The average Bonchev–Trinajstić information content (AvgIpc) is 2.88. The van der Waals surface area contributed by atoms with Gasteiger partial charge in [-0.05, 0) is 41.3 Å². The molecule has 5 atom stereocenters. The summed E-state index contributed by atoms with van der Waals surface area (Å²) < 4.78 is 27.1. The van der Waals surface area contributed by atoms with Gasteiger partial charge in [0.25, 0.3) is 0 Å². The molecule has 192 valence electrons. The summed E-state index contributed by atoms with van der Waals surface area (Å²) in [6.07, 6.45) is -6.53.